The molecule has 2 saturated heterocycles. The Morgan fingerprint density at radius 2 is 1.79 bits per heavy atom. The highest BCUT2D eigenvalue weighted by atomic mass is 35.5. The Bertz CT molecular complexity index is 443. The molecule has 0 aliphatic carbocycles. The number of piperidine rings is 1. The standard InChI is InChI=1S/C14H17ClFNO2/c15-11-7-10(14-18-5-6-19-14)8-13(9-11)17-3-1-12(16)2-4-17/h7-9,12,14H,1-6H2. The molecular formula is C14H17ClFNO2. The molecule has 3 rings (SSSR count). The SMILES string of the molecule is FC1CCN(c2cc(Cl)cc(C3OCCO3)c2)CC1. The van der Waals surface area contributed by atoms with Crippen LogP contribution in [0.2, 0.25) is 5.02 Å². The maximum Gasteiger partial charge on any atom is 0.184 e. The summed E-state index contributed by atoms with van der Waals surface area (Å²) >= 11 is 6.16. The molecule has 0 aromatic heterocycles. The van der Waals surface area contributed by atoms with Gasteiger partial charge in [-0.3, -0.25) is 0 Å². The van der Waals surface area contributed by atoms with E-state index in [2.05, 4.69) is 4.90 Å². The lowest BCUT2D eigenvalue weighted by Gasteiger charge is -2.31. The van der Waals surface area contributed by atoms with Crippen LogP contribution in [0.25, 0.3) is 0 Å². The van der Waals surface area contributed by atoms with Crippen LogP contribution in [0.15, 0.2) is 18.2 Å². The molecule has 104 valence electrons. The molecule has 3 nitrogen and oxygen atoms in total. The van der Waals surface area contributed by atoms with Gasteiger partial charge in [0, 0.05) is 29.4 Å². The topological polar surface area (TPSA) is 21.7 Å². The molecule has 2 heterocycles. The first-order valence-electron chi connectivity index (χ1n) is 6.65. The van der Waals surface area contributed by atoms with Gasteiger partial charge in [0.05, 0.1) is 13.2 Å². The van der Waals surface area contributed by atoms with Gasteiger partial charge in [-0.25, -0.2) is 4.39 Å². The molecular weight excluding hydrogens is 269 g/mol. The molecule has 1 aromatic carbocycles. The van der Waals surface area contributed by atoms with Crippen LogP contribution < -0.4 is 4.90 Å². The predicted molar refractivity (Wildman–Crippen MR) is 72.4 cm³/mol. The van der Waals surface area contributed by atoms with Crippen molar-refractivity contribution in [2.45, 2.75) is 25.3 Å². The lowest BCUT2D eigenvalue weighted by atomic mass is 10.1. The number of anilines is 1. The number of rotatable bonds is 2. The van der Waals surface area contributed by atoms with Crippen molar-refractivity contribution >= 4 is 17.3 Å². The normalized spacial score (nSPS) is 22.1. The Hall–Kier alpha value is -0.840. The van der Waals surface area contributed by atoms with E-state index >= 15 is 0 Å². The highest BCUT2D eigenvalue weighted by Gasteiger charge is 2.22. The van der Waals surface area contributed by atoms with E-state index in [0.29, 0.717) is 31.1 Å². The average Bonchev–Trinajstić information content (AvgIpc) is 2.93. The third-order valence-corrected chi connectivity index (χ3v) is 3.81. The molecule has 0 saturated carbocycles. The summed E-state index contributed by atoms with van der Waals surface area (Å²) in [5.41, 5.74) is 1.95. The van der Waals surface area contributed by atoms with Crippen LogP contribution in [0.4, 0.5) is 10.1 Å². The molecule has 0 bridgehead atoms. The molecule has 1 aromatic rings. The summed E-state index contributed by atoms with van der Waals surface area (Å²) in [6.07, 6.45) is 0.170. The van der Waals surface area contributed by atoms with Gasteiger partial charge >= 0.3 is 0 Å². The van der Waals surface area contributed by atoms with Crippen molar-refractivity contribution in [3.8, 4) is 0 Å². The number of hydrogen-bond donors (Lipinski definition) is 0. The first kappa shape index (κ1) is 13.2. The minimum atomic E-state index is -0.670. The first-order valence-corrected chi connectivity index (χ1v) is 7.03. The Morgan fingerprint density at radius 3 is 2.47 bits per heavy atom. The van der Waals surface area contributed by atoms with Crippen LogP contribution in [0.3, 0.4) is 0 Å². The van der Waals surface area contributed by atoms with E-state index in [1.165, 1.54) is 0 Å². The molecule has 2 aliphatic rings. The fourth-order valence-corrected chi connectivity index (χ4v) is 2.81. The van der Waals surface area contributed by atoms with Gasteiger partial charge in [-0.2, -0.15) is 0 Å². The minimum Gasteiger partial charge on any atom is -0.371 e. The van der Waals surface area contributed by atoms with Crippen LogP contribution in [0.1, 0.15) is 24.7 Å². The van der Waals surface area contributed by atoms with Crippen LogP contribution in [0, 0.1) is 0 Å². The van der Waals surface area contributed by atoms with Crippen molar-refractivity contribution in [2.24, 2.45) is 0 Å². The minimum absolute atomic E-state index is 0.323. The number of benzene rings is 1. The molecule has 0 amide bonds. The highest BCUT2D eigenvalue weighted by molar-refractivity contribution is 6.30. The van der Waals surface area contributed by atoms with E-state index in [0.717, 1.165) is 24.3 Å². The van der Waals surface area contributed by atoms with Crippen LogP contribution in [-0.4, -0.2) is 32.5 Å². The maximum absolute atomic E-state index is 13.2. The largest absolute Gasteiger partial charge is 0.371 e. The van der Waals surface area contributed by atoms with Gasteiger partial charge in [0.2, 0.25) is 0 Å². The number of nitrogens with zero attached hydrogens (tertiary/aromatic N) is 1. The molecule has 0 spiro atoms. The number of hydrogen-bond acceptors (Lipinski definition) is 3. The highest BCUT2D eigenvalue weighted by Crippen LogP contribution is 2.31. The second-order valence-electron chi connectivity index (χ2n) is 4.98. The zero-order chi connectivity index (χ0) is 13.2. The monoisotopic (exact) mass is 285 g/mol. The van der Waals surface area contributed by atoms with Gasteiger partial charge in [-0.1, -0.05) is 11.6 Å². The molecule has 0 atom stereocenters. The van der Waals surface area contributed by atoms with Gasteiger partial charge < -0.3 is 14.4 Å². The van der Waals surface area contributed by atoms with E-state index in [9.17, 15) is 4.39 Å². The second kappa shape index (κ2) is 5.65. The van der Waals surface area contributed by atoms with Crippen molar-refractivity contribution in [1.29, 1.82) is 0 Å². The zero-order valence-corrected chi connectivity index (χ0v) is 11.4. The summed E-state index contributed by atoms with van der Waals surface area (Å²) < 4.78 is 24.2. The van der Waals surface area contributed by atoms with Crippen LogP contribution >= 0.6 is 11.6 Å². The summed E-state index contributed by atoms with van der Waals surface area (Å²) in [6, 6.07) is 5.81. The Morgan fingerprint density at radius 1 is 1.11 bits per heavy atom. The van der Waals surface area contributed by atoms with Gasteiger partial charge in [0.1, 0.15) is 6.17 Å². The van der Waals surface area contributed by atoms with Crippen molar-refractivity contribution in [2.75, 3.05) is 31.2 Å². The smallest absolute Gasteiger partial charge is 0.184 e. The van der Waals surface area contributed by atoms with E-state index in [4.69, 9.17) is 21.1 Å². The summed E-state index contributed by atoms with van der Waals surface area (Å²) in [6.45, 7) is 2.68. The molecule has 0 radical (unpaired) electrons. The fourth-order valence-electron chi connectivity index (χ4n) is 2.57. The summed E-state index contributed by atoms with van der Waals surface area (Å²) in [5, 5.41) is 0.661. The Kier molecular flexibility index (Phi) is 3.91. The number of ether oxygens (including phenoxy) is 2. The Balaban J connectivity index is 1.80. The summed E-state index contributed by atoms with van der Waals surface area (Å²) in [4.78, 5) is 2.17. The van der Waals surface area contributed by atoms with E-state index in [1.54, 1.807) is 0 Å². The van der Waals surface area contributed by atoms with Crippen molar-refractivity contribution in [1.82, 2.24) is 0 Å². The van der Waals surface area contributed by atoms with E-state index < -0.39 is 6.17 Å². The van der Waals surface area contributed by atoms with Gasteiger partial charge in [-0.15, -0.1) is 0 Å². The second-order valence-corrected chi connectivity index (χ2v) is 5.41. The number of alkyl halides is 1. The van der Waals surface area contributed by atoms with E-state index in [-0.39, 0.29) is 6.29 Å². The lowest BCUT2D eigenvalue weighted by molar-refractivity contribution is -0.0440. The van der Waals surface area contributed by atoms with Gasteiger partial charge in [0.15, 0.2) is 6.29 Å². The average molecular weight is 286 g/mol. The lowest BCUT2D eigenvalue weighted by Crippen LogP contribution is -2.34. The summed E-state index contributed by atoms with van der Waals surface area (Å²) in [5.74, 6) is 0. The van der Waals surface area contributed by atoms with Gasteiger partial charge in [-0.05, 0) is 31.0 Å². The molecule has 19 heavy (non-hydrogen) atoms. The van der Waals surface area contributed by atoms with Crippen molar-refractivity contribution in [3.63, 3.8) is 0 Å². The maximum atomic E-state index is 13.2. The fraction of sp³-hybridized carbons (Fsp3) is 0.571. The van der Waals surface area contributed by atoms with Crippen LogP contribution in [-0.2, 0) is 9.47 Å². The summed E-state index contributed by atoms with van der Waals surface area (Å²) in [7, 11) is 0. The van der Waals surface area contributed by atoms with E-state index in [1.807, 2.05) is 18.2 Å². The predicted octanol–water partition coefficient (Wildman–Crippen LogP) is 3.32. The molecule has 2 aliphatic heterocycles. The van der Waals surface area contributed by atoms with Crippen molar-refractivity contribution in [3.05, 3.63) is 28.8 Å². The molecule has 0 unspecified atom stereocenters. The van der Waals surface area contributed by atoms with Crippen molar-refractivity contribution < 1.29 is 13.9 Å². The first-order chi connectivity index (χ1) is 9.22. The Labute approximate surface area is 117 Å². The third kappa shape index (κ3) is 3.02. The quantitative estimate of drug-likeness (QED) is 0.832. The molecule has 5 heteroatoms. The zero-order valence-electron chi connectivity index (χ0n) is 10.6. The van der Waals surface area contributed by atoms with Crippen LogP contribution in [0.5, 0.6) is 0 Å². The molecule has 2 fully saturated rings. The molecule has 0 N–H and O–H groups in total. The van der Waals surface area contributed by atoms with Gasteiger partial charge in [0.25, 0.3) is 0 Å². The number of halogens is 2. The third-order valence-electron chi connectivity index (χ3n) is 3.59.